The van der Waals surface area contributed by atoms with Crippen LogP contribution in [0.15, 0.2) is 0 Å². The molecule has 0 aromatic rings. The van der Waals surface area contributed by atoms with Crippen molar-refractivity contribution in [2.75, 3.05) is 6.54 Å². The van der Waals surface area contributed by atoms with Gasteiger partial charge >= 0.3 is 0 Å². The highest BCUT2D eigenvalue weighted by atomic mass is 16.1. The molecule has 0 bridgehead atoms. The van der Waals surface area contributed by atoms with Crippen molar-refractivity contribution in [3.8, 4) is 0 Å². The SMILES string of the molecule is [CH2]CN(C=O)C(C)C. The monoisotopic (exact) mass is 114 g/mol. The van der Waals surface area contributed by atoms with Gasteiger partial charge in [-0.1, -0.05) is 0 Å². The maximum absolute atomic E-state index is 10.1. The van der Waals surface area contributed by atoms with Crippen LogP contribution in [0.4, 0.5) is 0 Å². The van der Waals surface area contributed by atoms with E-state index in [1.54, 1.807) is 4.90 Å². The molecule has 47 valence electrons. The normalized spacial score (nSPS) is 9.50. The van der Waals surface area contributed by atoms with Gasteiger partial charge in [-0.3, -0.25) is 4.79 Å². The van der Waals surface area contributed by atoms with Gasteiger partial charge in [0.25, 0.3) is 0 Å². The van der Waals surface area contributed by atoms with Gasteiger partial charge in [0.2, 0.25) is 6.41 Å². The summed E-state index contributed by atoms with van der Waals surface area (Å²) in [5, 5.41) is 0. The number of rotatable bonds is 3. The number of carbonyl (C=O) groups excluding carboxylic acids is 1. The van der Waals surface area contributed by atoms with Gasteiger partial charge in [0.05, 0.1) is 0 Å². The first kappa shape index (κ1) is 7.47. The highest BCUT2D eigenvalue weighted by molar-refractivity contribution is 5.47. The summed E-state index contributed by atoms with van der Waals surface area (Å²) in [7, 11) is 0. The Kier molecular flexibility index (Phi) is 3.24. The van der Waals surface area contributed by atoms with Crippen LogP contribution in [0.1, 0.15) is 13.8 Å². The molecule has 0 atom stereocenters. The zero-order valence-electron chi connectivity index (χ0n) is 5.42. The molecule has 1 amide bonds. The smallest absolute Gasteiger partial charge is 0.209 e. The van der Waals surface area contributed by atoms with Crippen molar-refractivity contribution < 1.29 is 4.79 Å². The van der Waals surface area contributed by atoms with E-state index in [2.05, 4.69) is 6.92 Å². The van der Waals surface area contributed by atoms with E-state index < -0.39 is 0 Å². The second-order valence-electron chi connectivity index (χ2n) is 1.94. The second-order valence-corrected chi connectivity index (χ2v) is 1.94. The molecule has 8 heavy (non-hydrogen) atoms. The largest absolute Gasteiger partial charge is 0.343 e. The summed E-state index contributed by atoms with van der Waals surface area (Å²) >= 11 is 0. The summed E-state index contributed by atoms with van der Waals surface area (Å²) in [4.78, 5) is 11.7. The molecule has 2 nitrogen and oxygen atoms in total. The van der Waals surface area contributed by atoms with Gasteiger partial charge in [0, 0.05) is 12.6 Å². The van der Waals surface area contributed by atoms with Crippen molar-refractivity contribution in [1.82, 2.24) is 4.90 Å². The number of amides is 1. The summed E-state index contributed by atoms with van der Waals surface area (Å²) in [5.74, 6) is 0. The molecule has 0 aliphatic carbocycles. The lowest BCUT2D eigenvalue weighted by Gasteiger charge is -2.18. The Morgan fingerprint density at radius 3 is 2.25 bits per heavy atom. The molecule has 0 aliphatic rings. The standard InChI is InChI=1S/C6H12NO/c1-4-7(5-8)6(2)3/h5-6H,1,4H2,2-3H3. The van der Waals surface area contributed by atoms with E-state index in [-0.39, 0.29) is 6.04 Å². The summed E-state index contributed by atoms with van der Waals surface area (Å²) in [6.45, 7) is 8.05. The van der Waals surface area contributed by atoms with Crippen molar-refractivity contribution in [1.29, 1.82) is 0 Å². The quantitative estimate of drug-likeness (QED) is 0.494. The van der Waals surface area contributed by atoms with Gasteiger partial charge in [0.1, 0.15) is 0 Å². The number of hydrogen-bond donors (Lipinski definition) is 0. The lowest BCUT2D eigenvalue weighted by atomic mass is 10.3. The minimum atomic E-state index is 0.282. The molecule has 2 heteroatoms. The Morgan fingerprint density at radius 1 is 1.75 bits per heavy atom. The average Bonchev–Trinajstić information content (AvgIpc) is 1.69. The highest BCUT2D eigenvalue weighted by Crippen LogP contribution is 1.90. The van der Waals surface area contributed by atoms with Crippen molar-refractivity contribution in [3.63, 3.8) is 0 Å². The van der Waals surface area contributed by atoms with Gasteiger partial charge < -0.3 is 4.90 Å². The average molecular weight is 114 g/mol. The first-order valence-electron chi connectivity index (χ1n) is 2.72. The Morgan fingerprint density at radius 2 is 2.25 bits per heavy atom. The van der Waals surface area contributed by atoms with Crippen LogP contribution in [0.25, 0.3) is 0 Å². The van der Waals surface area contributed by atoms with Gasteiger partial charge in [-0.15, -0.1) is 0 Å². The molecule has 0 aromatic heterocycles. The van der Waals surface area contributed by atoms with E-state index in [0.717, 1.165) is 6.41 Å². The molecule has 1 radical (unpaired) electrons. The fourth-order valence-electron chi connectivity index (χ4n) is 0.433. The molecule has 0 saturated carbocycles. The molecule has 0 unspecified atom stereocenters. The Bertz CT molecular complexity index is 70.9. The minimum Gasteiger partial charge on any atom is -0.343 e. The first-order chi connectivity index (χ1) is 3.72. The predicted octanol–water partition coefficient (Wildman–Crippen LogP) is 0.687. The molecule has 0 aromatic carbocycles. The molecule has 0 saturated heterocycles. The van der Waals surface area contributed by atoms with Crippen molar-refractivity contribution in [3.05, 3.63) is 6.92 Å². The lowest BCUT2D eigenvalue weighted by molar-refractivity contribution is -0.119. The van der Waals surface area contributed by atoms with E-state index in [4.69, 9.17) is 0 Å². The Labute approximate surface area is 50.5 Å². The van der Waals surface area contributed by atoms with Gasteiger partial charge in [-0.2, -0.15) is 0 Å². The van der Waals surface area contributed by atoms with E-state index in [9.17, 15) is 4.79 Å². The second kappa shape index (κ2) is 3.47. The third-order valence-corrected chi connectivity index (χ3v) is 1.06. The molecular weight excluding hydrogens is 102 g/mol. The molecule has 0 N–H and O–H groups in total. The minimum absolute atomic E-state index is 0.282. The lowest BCUT2D eigenvalue weighted by Crippen LogP contribution is -2.28. The van der Waals surface area contributed by atoms with Crippen LogP contribution in [0.3, 0.4) is 0 Å². The summed E-state index contributed by atoms with van der Waals surface area (Å²) in [6, 6.07) is 0.282. The maximum Gasteiger partial charge on any atom is 0.209 e. The topological polar surface area (TPSA) is 20.3 Å². The number of nitrogens with zero attached hydrogens (tertiary/aromatic N) is 1. The van der Waals surface area contributed by atoms with E-state index in [1.165, 1.54) is 0 Å². The maximum atomic E-state index is 10.1. The molecule has 0 rings (SSSR count). The molecule has 0 spiro atoms. The molecule has 0 heterocycles. The Hall–Kier alpha value is -0.530. The van der Waals surface area contributed by atoms with Crippen LogP contribution in [0, 0.1) is 6.92 Å². The van der Waals surface area contributed by atoms with E-state index in [0.29, 0.717) is 6.54 Å². The third-order valence-electron chi connectivity index (χ3n) is 1.06. The van der Waals surface area contributed by atoms with Gasteiger partial charge in [0.15, 0.2) is 0 Å². The van der Waals surface area contributed by atoms with Crippen molar-refractivity contribution >= 4 is 6.41 Å². The van der Waals surface area contributed by atoms with Crippen LogP contribution in [-0.2, 0) is 4.79 Å². The third kappa shape index (κ3) is 1.96. The molecule has 0 fully saturated rings. The van der Waals surface area contributed by atoms with E-state index in [1.807, 2.05) is 13.8 Å². The molecule has 0 aliphatic heterocycles. The number of hydrogen-bond acceptors (Lipinski definition) is 1. The predicted molar refractivity (Wildman–Crippen MR) is 33.3 cm³/mol. The highest BCUT2D eigenvalue weighted by Gasteiger charge is 1.99. The van der Waals surface area contributed by atoms with Gasteiger partial charge in [-0.05, 0) is 20.8 Å². The number of carbonyl (C=O) groups is 1. The zero-order chi connectivity index (χ0) is 6.57. The fraction of sp³-hybridized carbons (Fsp3) is 0.667. The van der Waals surface area contributed by atoms with Crippen LogP contribution in [0.2, 0.25) is 0 Å². The van der Waals surface area contributed by atoms with Crippen LogP contribution >= 0.6 is 0 Å². The fourth-order valence-corrected chi connectivity index (χ4v) is 0.433. The van der Waals surface area contributed by atoms with Crippen molar-refractivity contribution in [2.24, 2.45) is 0 Å². The van der Waals surface area contributed by atoms with Crippen LogP contribution < -0.4 is 0 Å². The van der Waals surface area contributed by atoms with Gasteiger partial charge in [-0.25, -0.2) is 0 Å². The summed E-state index contributed by atoms with van der Waals surface area (Å²) in [5.41, 5.74) is 0. The van der Waals surface area contributed by atoms with Crippen LogP contribution in [-0.4, -0.2) is 23.9 Å². The zero-order valence-corrected chi connectivity index (χ0v) is 5.42. The molecular formula is C6H12NO. The van der Waals surface area contributed by atoms with Crippen LogP contribution in [0.5, 0.6) is 0 Å². The summed E-state index contributed by atoms with van der Waals surface area (Å²) in [6.07, 6.45) is 0.817. The first-order valence-corrected chi connectivity index (χ1v) is 2.72. The van der Waals surface area contributed by atoms with E-state index >= 15 is 0 Å². The summed E-state index contributed by atoms with van der Waals surface area (Å²) < 4.78 is 0. The van der Waals surface area contributed by atoms with Crippen molar-refractivity contribution in [2.45, 2.75) is 19.9 Å². The Balaban J connectivity index is 3.51.